The molecule has 3 rings (SSSR count). The van der Waals surface area contributed by atoms with Crippen molar-refractivity contribution in [3.63, 3.8) is 0 Å². The van der Waals surface area contributed by atoms with Gasteiger partial charge < -0.3 is 10.8 Å². The van der Waals surface area contributed by atoms with E-state index in [4.69, 9.17) is 17.3 Å². The monoisotopic (exact) mass is 379 g/mol. The summed E-state index contributed by atoms with van der Waals surface area (Å²) in [6.45, 7) is 1.66. The second kappa shape index (κ2) is 6.12. The quantitative estimate of drug-likeness (QED) is 0.832. The van der Waals surface area contributed by atoms with Crippen molar-refractivity contribution in [2.45, 2.75) is 23.0 Å². The first-order valence-corrected chi connectivity index (χ1v) is 9.67. The zero-order chi connectivity index (χ0) is 18.4. The van der Waals surface area contributed by atoms with Gasteiger partial charge in [0.25, 0.3) is 0 Å². The third-order valence-corrected chi connectivity index (χ3v) is 7.45. The highest BCUT2D eigenvalue weighted by atomic mass is 35.5. The summed E-state index contributed by atoms with van der Waals surface area (Å²) in [5, 5.41) is 9.05. The summed E-state index contributed by atoms with van der Waals surface area (Å²) in [5.74, 6) is -1.88. The molecule has 1 aliphatic carbocycles. The minimum atomic E-state index is -3.87. The first-order valence-electron chi connectivity index (χ1n) is 7.74. The van der Waals surface area contributed by atoms with Gasteiger partial charge >= 0.3 is 5.97 Å². The number of hydrogen-bond acceptors (Lipinski definition) is 4. The number of aryl methyl sites for hydroxylation is 1. The molecule has 0 aliphatic heterocycles. The summed E-state index contributed by atoms with van der Waals surface area (Å²) < 4.78 is 26.1. The lowest BCUT2D eigenvalue weighted by molar-refractivity contribution is -0.143. The zero-order valence-electron chi connectivity index (χ0n) is 13.5. The third-order valence-electron chi connectivity index (χ3n) is 4.91. The highest BCUT2D eigenvalue weighted by Gasteiger charge is 2.75. The fraction of sp³-hybridized carbons (Fsp3) is 0.278. The Labute approximate surface area is 151 Å². The molecule has 1 fully saturated rings. The number of sulfone groups is 1. The third kappa shape index (κ3) is 2.74. The van der Waals surface area contributed by atoms with E-state index < -0.39 is 32.4 Å². The normalized spacial score (nSPS) is 25.6. The Morgan fingerprint density at radius 2 is 1.72 bits per heavy atom. The summed E-state index contributed by atoms with van der Waals surface area (Å²) in [5.41, 5.74) is 5.91. The number of halogens is 1. The molecule has 25 heavy (non-hydrogen) atoms. The first-order chi connectivity index (χ1) is 11.7. The predicted molar refractivity (Wildman–Crippen MR) is 95.5 cm³/mol. The van der Waals surface area contributed by atoms with E-state index in [-0.39, 0.29) is 11.4 Å². The molecule has 3 atom stereocenters. The van der Waals surface area contributed by atoms with E-state index >= 15 is 0 Å². The van der Waals surface area contributed by atoms with Crippen molar-refractivity contribution < 1.29 is 18.3 Å². The molecule has 1 aliphatic rings. The second-order valence-electron chi connectivity index (χ2n) is 6.36. The van der Waals surface area contributed by atoms with E-state index in [1.807, 2.05) is 19.1 Å². The van der Waals surface area contributed by atoms with Gasteiger partial charge in [-0.1, -0.05) is 41.4 Å². The molecular weight excluding hydrogens is 362 g/mol. The van der Waals surface area contributed by atoms with Gasteiger partial charge in [-0.05, 0) is 36.8 Å². The summed E-state index contributed by atoms with van der Waals surface area (Å²) in [6, 6.07) is 12.9. The number of aliphatic carboxylic acids is 1. The van der Waals surface area contributed by atoms with Gasteiger partial charge in [-0.15, -0.1) is 0 Å². The van der Waals surface area contributed by atoms with Crippen molar-refractivity contribution in [1.29, 1.82) is 0 Å². The zero-order valence-corrected chi connectivity index (χ0v) is 15.1. The molecule has 0 saturated heterocycles. The first kappa shape index (κ1) is 17.9. The van der Waals surface area contributed by atoms with Crippen LogP contribution < -0.4 is 5.73 Å². The number of carboxylic acid groups (broad SMARTS) is 1. The molecule has 132 valence electrons. The minimum Gasteiger partial charge on any atom is -0.481 e. The molecule has 7 heteroatoms. The van der Waals surface area contributed by atoms with Gasteiger partial charge in [0.1, 0.15) is 5.41 Å². The standard InChI is InChI=1S/C18H18ClNO4S/c1-11-2-4-12(5-3-11)15-16(18(15,10-20)17(21)22)25(23,24)14-8-6-13(19)7-9-14/h2-9,15-16H,10,20H2,1H3,(H,21,22)/t15-,16-,18-/m0/s1. The molecular formula is C18H18ClNO4S. The lowest BCUT2D eigenvalue weighted by atomic mass is 9.99. The lowest BCUT2D eigenvalue weighted by Gasteiger charge is -2.10. The van der Waals surface area contributed by atoms with Gasteiger partial charge in [0.15, 0.2) is 9.84 Å². The van der Waals surface area contributed by atoms with Crippen LogP contribution in [0.3, 0.4) is 0 Å². The largest absolute Gasteiger partial charge is 0.481 e. The Morgan fingerprint density at radius 1 is 1.16 bits per heavy atom. The van der Waals surface area contributed by atoms with Gasteiger partial charge in [0.05, 0.1) is 10.1 Å². The van der Waals surface area contributed by atoms with Gasteiger partial charge in [0, 0.05) is 17.5 Å². The van der Waals surface area contributed by atoms with Gasteiger partial charge in [-0.3, -0.25) is 4.79 Å². The minimum absolute atomic E-state index is 0.0515. The van der Waals surface area contributed by atoms with Crippen LogP contribution in [-0.2, 0) is 14.6 Å². The molecule has 0 heterocycles. The van der Waals surface area contributed by atoms with E-state index in [2.05, 4.69) is 0 Å². The molecule has 2 aromatic rings. The Balaban J connectivity index is 2.10. The second-order valence-corrected chi connectivity index (χ2v) is 8.86. The molecule has 0 spiro atoms. The van der Waals surface area contributed by atoms with Crippen molar-refractivity contribution in [3.05, 3.63) is 64.7 Å². The van der Waals surface area contributed by atoms with Crippen molar-refractivity contribution in [2.75, 3.05) is 6.54 Å². The molecule has 0 amide bonds. The van der Waals surface area contributed by atoms with Crippen LogP contribution in [0, 0.1) is 12.3 Å². The van der Waals surface area contributed by atoms with E-state index in [1.165, 1.54) is 24.3 Å². The predicted octanol–water partition coefficient (Wildman–Crippen LogP) is 2.62. The fourth-order valence-corrected chi connectivity index (χ4v) is 5.97. The van der Waals surface area contributed by atoms with Gasteiger partial charge in [0.2, 0.25) is 0 Å². The van der Waals surface area contributed by atoms with Crippen LogP contribution in [0.2, 0.25) is 5.02 Å². The van der Waals surface area contributed by atoms with Crippen molar-refractivity contribution in [3.8, 4) is 0 Å². The van der Waals surface area contributed by atoms with Gasteiger partial charge in [-0.2, -0.15) is 0 Å². The van der Waals surface area contributed by atoms with Crippen LogP contribution in [0.4, 0.5) is 0 Å². The van der Waals surface area contributed by atoms with Crippen LogP contribution in [0.5, 0.6) is 0 Å². The molecule has 2 aromatic carbocycles. The Bertz CT molecular complexity index is 909. The molecule has 0 radical (unpaired) electrons. The summed E-state index contributed by atoms with van der Waals surface area (Å²) in [7, 11) is -3.87. The average Bonchev–Trinajstić information content (AvgIpc) is 3.27. The van der Waals surface area contributed by atoms with E-state index in [0.717, 1.165) is 5.56 Å². The fourth-order valence-electron chi connectivity index (χ4n) is 3.46. The number of rotatable bonds is 5. The highest BCUT2D eigenvalue weighted by Crippen LogP contribution is 2.63. The maximum absolute atomic E-state index is 13.1. The number of carboxylic acids is 1. The van der Waals surface area contributed by atoms with Crippen LogP contribution in [0.25, 0.3) is 0 Å². The van der Waals surface area contributed by atoms with Crippen molar-refractivity contribution >= 4 is 27.4 Å². The average molecular weight is 380 g/mol. The SMILES string of the molecule is Cc1ccc([C@H]2[C@H](S(=O)(=O)c3ccc(Cl)cc3)[C@@]2(CN)C(=O)O)cc1. The number of hydrogen-bond donors (Lipinski definition) is 2. The van der Waals surface area contributed by atoms with Crippen LogP contribution in [0.15, 0.2) is 53.4 Å². The maximum atomic E-state index is 13.1. The summed E-state index contributed by atoms with van der Waals surface area (Å²) in [4.78, 5) is 12.0. The number of carbonyl (C=O) groups is 1. The van der Waals surface area contributed by atoms with Crippen molar-refractivity contribution in [2.24, 2.45) is 11.1 Å². The van der Waals surface area contributed by atoms with Crippen molar-refractivity contribution in [1.82, 2.24) is 0 Å². The number of nitrogens with two attached hydrogens (primary N) is 1. The molecule has 5 nitrogen and oxygen atoms in total. The molecule has 3 N–H and O–H groups in total. The smallest absolute Gasteiger partial charge is 0.312 e. The molecule has 1 saturated carbocycles. The Hall–Kier alpha value is -1.89. The van der Waals surface area contributed by atoms with Crippen LogP contribution in [-0.4, -0.2) is 31.3 Å². The van der Waals surface area contributed by atoms with Crippen LogP contribution >= 0.6 is 11.6 Å². The van der Waals surface area contributed by atoms with Gasteiger partial charge in [-0.25, -0.2) is 8.42 Å². The number of benzene rings is 2. The highest BCUT2D eigenvalue weighted by molar-refractivity contribution is 7.92. The van der Waals surface area contributed by atoms with E-state index in [0.29, 0.717) is 10.6 Å². The molecule has 0 bridgehead atoms. The van der Waals surface area contributed by atoms with E-state index in [9.17, 15) is 18.3 Å². The Morgan fingerprint density at radius 3 is 2.20 bits per heavy atom. The molecule has 0 aromatic heterocycles. The maximum Gasteiger partial charge on any atom is 0.312 e. The molecule has 0 unspecified atom stereocenters. The summed E-state index contributed by atoms with van der Waals surface area (Å²) in [6.07, 6.45) is 0. The topological polar surface area (TPSA) is 97.5 Å². The summed E-state index contributed by atoms with van der Waals surface area (Å²) >= 11 is 5.82. The lowest BCUT2D eigenvalue weighted by Crippen LogP contribution is -2.31. The van der Waals surface area contributed by atoms with Crippen LogP contribution in [0.1, 0.15) is 17.0 Å². The Kier molecular flexibility index (Phi) is 4.39. The van der Waals surface area contributed by atoms with E-state index in [1.54, 1.807) is 12.1 Å².